The molecule has 0 radical (unpaired) electrons. The quantitative estimate of drug-likeness (QED) is 0.817. The fraction of sp³-hybridized carbons (Fsp3) is 0.500. The van der Waals surface area contributed by atoms with Gasteiger partial charge in [0.05, 0.1) is 0 Å². The summed E-state index contributed by atoms with van der Waals surface area (Å²) in [6, 6.07) is 9.20. The largest absolute Gasteiger partial charge is 0.381 e. The Balaban J connectivity index is 2.07. The second-order valence-electron chi connectivity index (χ2n) is 4.14. The fourth-order valence-electron chi connectivity index (χ4n) is 2.14. The number of para-hydroxylation sites is 1. The summed E-state index contributed by atoms with van der Waals surface area (Å²) in [6.07, 6.45) is 4.08. The molecule has 76 valence electrons. The molecule has 1 aromatic rings. The van der Waals surface area contributed by atoms with Crippen LogP contribution in [-0.2, 0) is 0 Å². The molecule has 0 amide bonds. The summed E-state index contributed by atoms with van der Waals surface area (Å²) in [5.74, 6) is 0.825. The highest BCUT2D eigenvalue weighted by Crippen LogP contribution is 2.29. The summed E-state index contributed by atoms with van der Waals surface area (Å²) in [5, 5.41) is 3.65. The number of halogens is 1. The van der Waals surface area contributed by atoms with Gasteiger partial charge in [0.1, 0.15) is 0 Å². The lowest BCUT2D eigenvalue weighted by Gasteiger charge is -2.19. The average Bonchev–Trinajstić information content (AvgIpc) is 2.56. The molecule has 1 aliphatic rings. The summed E-state index contributed by atoms with van der Waals surface area (Å²) in [4.78, 5) is 0. The minimum absolute atomic E-state index is 0.686. The van der Waals surface area contributed by atoms with Gasteiger partial charge in [-0.25, -0.2) is 0 Å². The predicted molar refractivity (Wildman–Crippen MR) is 69.6 cm³/mol. The Morgan fingerprint density at radius 3 is 2.71 bits per heavy atom. The first kappa shape index (κ1) is 10.3. The number of rotatable bonds is 2. The molecule has 0 heterocycles. The predicted octanol–water partition coefficient (Wildman–Crippen LogP) is 3.89. The highest BCUT2D eigenvalue weighted by molar-refractivity contribution is 14.1. The van der Waals surface area contributed by atoms with Crippen LogP contribution >= 0.6 is 22.6 Å². The Hall–Kier alpha value is -0.250. The van der Waals surface area contributed by atoms with Gasteiger partial charge in [-0.15, -0.1) is 0 Å². The molecule has 2 heteroatoms. The normalized spacial score (nSPS) is 26.4. The van der Waals surface area contributed by atoms with E-state index in [1.54, 1.807) is 0 Å². The van der Waals surface area contributed by atoms with Crippen LogP contribution in [0.5, 0.6) is 0 Å². The Morgan fingerprint density at radius 2 is 2.07 bits per heavy atom. The van der Waals surface area contributed by atoms with Crippen LogP contribution < -0.4 is 5.32 Å². The van der Waals surface area contributed by atoms with Gasteiger partial charge < -0.3 is 5.32 Å². The van der Waals surface area contributed by atoms with Crippen molar-refractivity contribution in [3.8, 4) is 0 Å². The topological polar surface area (TPSA) is 12.0 Å². The van der Waals surface area contributed by atoms with Crippen molar-refractivity contribution in [1.82, 2.24) is 0 Å². The molecule has 1 aliphatic carbocycles. The molecule has 1 aromatic carbocycles. The van der Waals surface area contributed by atoms with E-state index >= 15 is 0 Å². The van der Waals surface area contributed by atoms with Gasteiger partial charge in [0.15, 0.2) is 0 Å². The van der Waals surface area contributed by atoms with Crippen molar-refractivity contribution in [3.63, 3.8) is 0 Å². The first-order valence-electron chi connectivity index (χ1n) is 5.28. The van der Waals surface area contributed by atoms with Gasteiger partial charge >= 0.3 is 0 Å². The Bertz CT molecular complexity index is 311. The zero-order chi connectivity index (χ0) is 9.97. The van der Waals surface area contributed by atoms with Crippen molar-refractivity contribution >= 4 is 28.3 Å². The summed E-state index contributed by atoms with van der Waals surface area (Å²) in [7, 11) is 0. The molecule has 0 spiro atoms. The minimum atomic E-state index is 0.686. The number of benzene rings is 1. The zero-order valence-electron chi connectivity index (χ0n) is 8.46. The summed E-state index contributed by atoms with van der Waals surface area (Å²) in [6.45, 7) is 2.35. The molecule has 14 heavy (non-hydrogen) atoms. The monoisotopic (exact) mass is 301 g/mol. The molecule has 0 aliphatic heterocycles. The van der Waals surface area contributed by atoms with E-state index in [0.29, 0.717) is 6.04 Å². The first-order chi connectivity index (χ1) is 6.77. The van der Waals surface area contributed by atoms with E-state index in [1.165, 1.54) is 28.5 Å². The number of nitrogens with one attached hydrogen (secondary N) is 1. The second-order valence-corrected chi connectivity index (χ2v) is 5.30. The van der Waals surface area contributed by atoms with Crippen LogP contribution in [0.3, 0.4) is 0 Å². The highest BCUT2D eigenvalue weighted by atomic mass is 127. The Morgan fingerprint density at radius 1 is 1.29 bits per heavy atom. The van der Waals surface area contributed by atoms with Gasteiger partial charge in [0, 0.05) is 15.3 Å². The van der Waals surface area contributed by atoms with Gasteiger partial charge in [0.25, 0.3) is 0 Å². The maximum absolute atomic E-state index is 3.65. The van der Waals surface area contributed by atoms with E-state index in [0.717, 1.165) is 5.92 Å². The van der Waals surface area contributed by atoms with Gasteiger partial charge in [-0.1, -0.05) is 25.5 Å². The van der Waals surface area contributed by atoms with Crippen LogP contribution in [0.1, 0.15) is 26.2 Å². The third kappa shape index (κ3) is 2.22. The summed E-state index contributed by atoms with van der Waals surface area (Å²) < 4.78 is 1.32. The maximum atomic E-state index is 3.65. The fourth-order valence-corrected chi connectivity index (χ4v) is 2.68. The average molecular weight is 301 g/mol. The molecule has 1 N–H and O–H groups in total. The smallest absolute Gasteiger partial charge is 0.0478 e. The lowest BCUT2D eigenvalue weighted by atomic mass is 10.1. The lowest BCUT2D eigenvalue weighted by molar-refractivity contribution is 0.556. The van der Waals surface area contributed by atoms with E-state index in [1.807, 2.05) is 0 Å². The van der Waals surface area contributed by atoms with Crippen LogP contribution in [0.15, 0.2) is 24.3 Å². The Kier molecular flexibility index (Phi) is 3.31. The second kappa shape index (κ2) is 4.51. The molecule has 0 aromatic heterocycles. The van der Waals surface area contributed by atoms with E-state index < -0.39 is 0 Å². The van der Waals surface area contributed by atoms with E-state index in [-0.39, 0.29) is 0 Å². The van der Waals surface area contributed by atoms with Crippen molar-refractivity contribution in [3.05, 3.63) is 27.8 Å². The zero-order valence-corrected chi connectivity index (χ0v) is 10.6. The maximum Gasteiger partial charge on any atom is 0.0478 e. The molecule has 2 atom stereocenters. The molecular weight excluding hydrogens is 285 g/mol. The van der Waals surface area contributed by atoms with Crippen molar-refractivity contribution in [1.29, 1.82) is 0 Å². The van der Waals surface area contributed by atoms with E-state index in [9.17, 15) is 0 Å². The van der Waals surface area contributed by atoms with Crippen molar-refractivity contribution < 1.29 is 0 Å². The standard InChI is InChI=1S/C12H16IN/c1-9-5-4-8-11(9)14-12-7-3-2-6-10(12)13/h2-3,6-7,9,11,14H,4-5,8H2,1H3. The molecule has 1 fully saturated rings. The minimum Gasteiger partial charge on any atom is -0.381 e. The van der Waals surface area contributed by atoms with E-state index in [2.05, 4.69) is 59.1 Å². The molecule has 1 saturated carbocycles. The molecule has 2 rings (SSSR count). The lowest BCUT2D eigenvalue weighted by Crippen LogP contribution is -2.22. The number of anilines is 1. The highest BCUT2D eigenvalue weighted by Gasteiger charge is 2.23. The van der Waals surface area contributed by atoms with Crippen LogP contribution in [0.25, 0.3) is 0 Å². The molecule has 0 saturated heterocycles. The van der Waals surface area contributed by atoms with Crippen LogP contribution in [0.4, 0.5) is 5.69 Å². The van der Waals surface area contributed by atoms with Crippen molar-refractivity contribution in [2.24, 2.45) is 5.92 Å². The molecule has 0 bridgehead atoms. The summed E-state index contributed by atoms with van der Waals surface area (Å²) >= 11 is 2.39. The van der Waals surface area contributed by atoms with Crippen molar-refractivity contribution in [2.75, 3.05) is 5.32 Å². The van der Waals surface area contributed by atoms with Crippen LogP contribution in [-0.4, -0.2) is 6.04 Å². The summed E-state index contributed by atoms with van der Waals surface area (Å²) in [5.41, 5.74) is 1.30. The SMILES string of the molecule is CC1CCCC1Nc1ccccc1I. The third-order valence-corrected chi connectivity index (χ3v) is 4.02. The van der Waals surface area contributed by atoms with E-state index in [4.69, 9.17) is 0 Å². The Labute approximate surface area is 99.4 Å². The van der Waals surface area contributed by atoms with Gasteiger partial charge in [-0.05, 0) is 53.5 Å². The van der Waals surface area contributed by atoms with Crippen molar-refractivity contribution in [2.45, 2.75) is 32.2 Å². The molecule has 2 unspecified atom stereocenters. The number of hydrogen-bond acceptors (Lipinski definition) is 1. The van der Waals surface area contributed by atoms with Gasteiger partial charge in [-0.2, -0.15) is 0 Å². The van der Waals surface area contributed by atoms with Gasteiger partial charge in [0.2, 0.25) is 0 Å². The van der Waals surface area contributed by atoms with Gasteiger partial charge in [-0.3, -0.25) is 0 Å². The van der Waals surface area contributed by atoms with Crippen LogP contribution in [0.2, 0.25) is 0 Å². The molecule has 1 nitrogen and oxygen atoms in total. The number of hydrogen-bond donors (Lipinski definition) is 1. The first-order valence-corrected chi connectivity index (χ1v) is 6.36. The molecular formula is C12H16IN. The third-order valence-electron chi connectivity index (χ3n) is 3.08. The van der Waals surface area contributed by atoms with Crippen LogP contribution in [0, 0.1) is 9.49 Å².